The molecule has 0 saturated carbocycles. The van der Waals surface area contributed by atoms with Gasteiger partial charge in [-0.1, -0.05) is 0 Å². The number of esters is 1. The number of H-pyrrole nitrogens is 1. The highest BCUT2D eigenvalue weighted by atomic mass is 16.5. The number of ether oxygens (including phenoxy) is 2. The molecule has 98 valence electrons. The third-order valence-electron chi connectivity index (χ3n) is 2.72. The van der Waals surface area contributed by atoms with Crippen LogP contribution in [0.1, 0.15) is 17.3 Å². The molecule has 0 atom stereocenters. The van der Waals surface area contributed by atoms with Crippen molar-refractivity contribution in [3.63, 3.8) is 0 Å². The van der Waals surface area contributed by atoms with Crippen LogP contribution in [0.3, 0.4) is 0 Å². The van der Waals surface area contributed by atoms with Gasteiger partial charge in [0, 0.05) is 19.2 Å². The number of pyridine rings is 1. The minimum Gasteiger partial charge on any atom is -0.462 e. The second-order valence-electron chi connectivity index (χ2n) is 3.90. The summed E-state index contributed by atoms with van der Waals surface area (Å²) in [5.74, 6) is 0.0968. The van der Waals surface area contributed by atoms with E-state index in [1.54, 1.807) is 6.92 Å². The van der Waals surface area contributed by atoms with Crippen molar-refractivity contribution in [3.8, 4) is 0 Å². The van der Waals surface area contributed by atoms with Gasteiger partial charge in [0.1, 0.15) is 11.4 Å². The monoisotopic (exact) mass is 252 g/mol. The van der Waals surface area contributed by atoms with Gasteiger partial charge in [0.2, 0.25) is 5.56 Å². The lowest BCUT2D eigenvalue weighted by Crippen LogP contribution is -2.38. The number of nitrogens with one attached hydrogen (secondary N) is 1. The van der Waals surface area contributed by atoms with E-state index in [0.717, 1.165) is 0 Å². The molecule has 0 unspecified atom stereocenters. The molecule has 1 aromatic heterocycles. The number of hydrogen-bond acceptors (Lipinski definition) is 5. The first-order chi connectivity index (χ1) is 8.72. The summed E-state index contributed by atoms with van der Waals surface area (Å²) in [4.78, 5) is 27.8. The second-order valence-corrected chi connectivity index (χ2v) is 3.90. The lowest BCUT2D eigenvalue weighted by atomic mass is 10.2. The molecule has 18 heavy (non-hydrogen) atoms. The molecule has 1 aliphatic heterocycles. The highest BCUT2D eigenvalue weighted by molar-refractivity contribution is 5.94. The lowest BCUT2D eigenvalue weighted by Gasteiger charge is -2.29. The summed E-state index contributed by atoms with van der Waals surface area (Å²) in [6.45, 7) is 4.51. The van der Waals surface area contributed by atoms with Crippen LogP contribution in [0.4, 0.5) is 5.82 Å². The van der Waals surface area contributed by atoms with E-state index in [0.29, 0.717) is 44.3 Å². The van der Waals surface area contributed by atoms with Crippen LogP contribution in [0.5, 0.6) is 0 Å². The van der Waals surface area contributed by atoms with Gasteiger partial charge in [0.15, 0.2) is 0 Å². The van der Waals surface area contributed by atoms with E-state index in [1.807, 2.05) is 4.90 Å². The van der Waals surface area contributed by atoms with Crippen molar-refractivity contribution in [1.82, 2.24) is 4.98 Å². The highest BCUT2D eigenvalue weighted by Gasteiger charge is 2.20. The zero-order valence-corrected chi connectivity index (χ0v) is 10.3. The smallest absolute Gasteiger partial charge is 0.341 e. The third kappa shape index (κ3) is 2.70. The molecule has 2 rings (SSSR count). The minimum absolute atomic E-state index is 0.232. The fraction of sp³-hybridized carbons (Fsp3) is 0.500. The maximum Gasteiger partial charge on any atom is 0.341 e. The van der Waals surface area contributed by atoms with E-state index in [-0.39, 0.29) is 5.56 Å². The zero-order chi connectivity index (χ0) is 13.0. The van der Waals surface area contributed by atoms with Gasteiger partial charge >= 0.3 is 5.97 Å². The van der Waals surface area contributed by atoms with Crippen LogP contribution in [0.15, 0.2) is 16.9 Å². The predicted molar refractivity (Wildman–Crippen MR) is 66.1 cm³/mol. The average molecular weight is 252 g/mol. The number of hydrogen-bond donors (Lipinski definition) is 1. The Hall–Kier alpha value is -1.82. The van der Waals surface area contributed by atoms with Crippen molar-refractivity contribution in [1.29, 1.82) is 0 Å². The van der Waals surface area contributed by atoms with E-state index >= 15 is 0 Å². The molecule has 0 aliphatic carbocycles. The van der Waals surface area contributed by atoms with Crippen LogP contribution in [-0.4, -0.2) is 43.9 Å². The number of rotatable bonds is 3. The number of carbonyl (C=O) groups is 1. The Morgan fingerprint density at radius 1 is 1.44 bits per heavy atom. The lowest BCUT2D eigenvalue weighted by molar-refractivity contribution is 0.0525. The predicted octanol–water partition coefficient (Wildman–Crippen LogP) is 0.388. The number of anilines is 1. The molecule has 1 N–H and O–H groups in total. The van der Waals surface area contributed by atoms with Crippen LogP contribution >= 0.6 is 0 Å². The van der Waals surface area contributed by atoms with Crippen molar-refractivity contribution in [2.75, 3.05) is 37.8 Å². The van der Waals surface area contributed by atoms with Crippen LogP contribution in [0.2, 0.25) is 0 Å². The second kappa shape index (κ2) is 5.68. The van der Waals surface area contributed by atoms with E-state index in [4.69, 9.17) is 9.47 Å². The molecule has 0 amide bonds. The first kappa shape index (κ1) is 12.6. The van der Waals surface area contributed by atoms with Gasteiger partial charge in [0.25, 0.3) is 0 Å². The number of morpholine rings is 1. The molecule has 0 bridgehead atoms. The largest absolute Gasteiger partial charge is 0.462 e. The van der Waals surface area contributed by atoms with E-state index in [1.165, 1.54) is 12.1 Å². The molecule has 1 aliphatic rings. The molecule has 1 fully saturated rings. The summed E-state index contributed by atoms with van der Waals surface area (Å²) in [6, 6.07) is 2.83. The van der Waals surface area contributed by atoms with Gasteiger partial charge < -0.3 is 19.4 Å². The van der Waals surface area contributed by atoms with Crippen molar-refractivity contribution in [3.05, 3.63) is 28.0 Å². The summed E-state index contributed by atoms with van der Waals surface area (Å²) >= 11 is 0. The Bertz CT molecular complexity index is 477. The third-order valence-corrected chi connectivity index (χ3v) is 2.72. The van der Waals surface area contributed by atoms with Crippen LogP contribution in [0.25, 0.3) is 0 Å². The van der Waals surface area contributed by atoms with Crippen molar-refractivity contribution < 1.29 is 14.3 Å². The standard InChI is InChI=1S/C12H16N2O4/c1-2-18-12(16)9-3-4-10(15)13-11(9)14-5-7-17-8-6-14/h3-4H,2,5-8H2,1H3,(H,13,15). The summed E-state index contributed by atoms with van der Waals surface area (Å²) in [5, 5.41) is 0. The summed E-state index contributed by atoms with van der Waals surface area (Å²) in [7, 11) is 0. The Labute approximate surface area is 105 Å². The van der Waals surface area contributed by atoms with Gasteiger partial charge in [-0.25, -0.2) is 4.79 Å². The number of aromatic amines is 1. The molecule has 2 heterocycles. The van der Waals surface area contributed by atoms with Crippen molar-refractivity contribution in [2.24, 2.45) is 0 Å². The summed E-state index contributed by atoms with van der Waals surface area (Å²) in [5.41, 5.74) is 0.155. The van der Waals surface area contributed by atoms with Crippen molar-refractivity contribution >= 4 is 11.8 Å². The summed E-state index contributed by atoms with van der Waals surface area (Å²) in [6.07, 6.45) is 0. The summed E-state index contributed by atoms with van der Waals surface area (Å²) < 4.78 is 10.2. The molecule has 1 aromatic rings. The SMILES string of the molecule is CCOC(=O)c1ccc(=O)[nH]c1N1CCOCC1. The average Bonchev–Trinajstić information content (AvgIpc) is 2.40. The molecule has 1 saturated heterocycles. The quantitative estimate of drug-likeness (QED) is 0.788. The van der Waals surface area contributed by atoms with Gasteiger partial charge in [-0.3, -0.25) is 4.79 Å². The molecular formula is C12H16N2O4. The first-order valence-electron chi connectivity index (χ1n) is 5.95. The Morgan fingerprint density at radius 3 is 2.83 bits per heavy atom. The Kier molecular flexibility index (Phi) is 3.99. The fourth-order valence-corrected chi connectivity index (χ4v) is 1.87. The molecule has 0 aromatic carbocycles. The first-order valence-corrected chi connectivity index (χ1v) is 5.95. The molecule has 6 nitrogen and oxygen atoms in total. The van der Waals surface area contributed by atoms with E-state index in [9.17, 15) is 9.59 Å². The zero-order valence-electron chi connectivity index (χ0n) is 10.3. The van der Waals surface area contributed by atoms with Crippen LogP contribution in [0, 0.1) is 0 Å². The molecule has 6 heteroatoms. The van der Waals surface area contributed by atoms with Crippen LogP contribution < -0.4 is 10.5 Å². The van der Waals surface area contributed by atoms with Gasteiger partial charge in [-0.15, -0.1) is 0 Å². The van der Waals surface area contributed by atoms with Crippen LogP contribution in [-0.2, 0) is 9.47 Å². The van der Waals surface area contributed by atoms with Gasteiger partial charge in [-0.2, -0.15) is 0 Å². The molecular weight excluding hydrogens is 236 g/mol. The minimum atomic E-state index is -0.421. The normalized spacial score (nSPS) is 15.5. The number of carbonyl (C=O) groups excluding carboxylic acids is 1. The molecule has 0 spiro atoms. The van der Waals surface area contributed by atoms with Gasteiger partial charge in [-0.05, 0) is 13.0 Å². The van der Waals surface area contributed by atoms with Crippen molar-refractivity contribution in [2.45, 2.75) is 6.92 Å². The van der Waals surface area contributed by atoms with E-state index in [2.05, 4.69) is 4.98 Å². The Balaban J connectivity index is 2.33. The topological polar surface area (TPSA) is 71.6 Å². The van der Waals surface area contributed by atoms with E-state index < -0.39 is 5.97 Å². The maximum absolute atomic E-state index is 11.8. The fourth-order valence-electron chi connectivity index (χ4n) is 1.87. The highest BCUT2D eigenvalue weighted by Crippen LogP contribution is 2.18. The van der Waals surface area contributed by atoms with Gasteiger partial charge in [0.05, 0.1) is 19.8 Å². The Morgan fingerprint density at radius 2 is 2.17 bits per heavy atom. The number of nitrogens with zero attached hydrogens (tertiary/aromatic N) is 1. The number of aromatic nitrogens is 1. The molecule has 0 radical (unpaired) electrons. The maximum atomic E-state index is 11.8.